The number of nitrogens with one attached hydrogen (secondary N) is 2. The summed E-state index contributed by atoms with van der Waals surface area (Å²) in [7, 11) is 0. The number of carbonyl (C=O) groups excluding carboxylic acids is 4. The first-order valence-corrected chi connectivity index (χ1v) is 21.6. The van der Waals surface area contributed by atoms with Gasteiger partial charge in [-0.05, 0) is 95.3 Å². The van der Waals surface area contributed by atoms with Crippen LogP contribution in [0.4, 0.5) is 23.1 Å². The number of benzene rings is 2. The maximum absolute atomic E-state index is 13.7. The van der Waals surface area contributed by atoms with Crippen LogP contribution in [0, 0.1) is 5.92 Å². The average molecular weight is 852 g/mol. The van der Waals surface area contributed by atoms with E-state index in [4.69, 9.17) is 26.1 Å². The molecule has 2 aromatic carbocycles. The molecule has 9 rings (SSSR count). The zero-order chi connectivity index (χ0) is 42.6. The average Bonchev–Trinajstić information content (AvgIpc) is 3.49. The summed E-state index contributed by atoms with van der Waals surface area (Å²) in [6.07, 6.45) is 4.81. The van der Waals surface area contributed by atoms with Gasteiger partial charge in [0, 0.05) is 56.3 Å². The number of aromatic nitrogens is 3. The molecule has 0 saturated carbocycles. The van der Waals surface area contributed by atoms with Crippen LogP contribution in [0.5, 0.6) is 5.75 Å². The number of morpholine rings is 1. The van der Waals surface area contributed by atoms with Crippen LogP contribution in [0.2, 0.25) is 5.02 Å². The number of pyridine rings is 1. The molecule has 16 nitrogen and oxygen atoms in total. The van der Waals surface area contributed by atoms with Crippen molar-refractivity contribution in [3.05, 3.63) is 75.2 Å². The van der Waals surface area contributed by atoms with E-state index in [9.17, 15) is 24.0 Å². The Balaban J connectivity index is 0.786. The van der Waals surface area contributed by atoms with Crippen molar-refractivity contribution in [3.8, 4) is 5.75 Å². The van der Waals surface area contributed by atoms with Gasteiger partial charge in [0.05, 0.1) is 48.3 Å². The van der Waals surface area contributed by atoms with Crippen molar-refractivity contribution in [3.63, 3.8) is 0 Å². The van der Waals surface area contributed by atoms with Crippen LogP contribution in [0.15, 0.2) is 53.5 Å². The molecule has 5 aliphatic heterocycles. The lowest BCUT2D eigenvalue weighted by molar-refractivity contribution is -0.149. The van der Waals surface area contributed by atoms with Crippen molar-refractivity contribution in [1.29, 1.82) is 0 Å². The smallest absolute Gasteiger partial charge is 0.293 e. The van der Waals surface area contributed by atoms with E-state index in [1.54, 1.807) is 29.0 Å². The monoisotopic (exact) mass is 851 g/mol. The molecule has 0 aliphatic carbocycles. The number of piperidine rings is 2. The number of imide groups is 2. The van der Waals surface area contributed by atoms with Gasteiger partial charge in [0.2, 0.25) is 17.8 Å². The number of amides is 4. The van der Waals surface area contributed by atoms with Crippen molar-refractivity contribution >= 4 is 69.3 Å². The maximum atomic E-state index is 13.7. The number of fused-ring (bicyclic) bond motifs is 2. The molecular weight excluding hydrogens is 802 g/mol. The Labute approximate surface area is 358 Å². The van der Waals surface area contributed by atoms with Crippen LogP contribution >= 0.6 is 11.6 Å². The van der Waals surface area contributed by atoms with Gasteiger partial charge in [0.15, 0.2) is 11.6 Å². The third kappa shape index (κ3) is 7.69. The summed E-state index contributed by atoms with van der Waals surface area (Å²) in [6, 6.07) is 11.9. The molecule has 0 radical (unpaired) electrons. The second-order valence-corrected chi connectivity index (χ2v) is 17.4. The van der Waals surface area contributed by atoms with Crippen molar-refractivity contribution in [2.75, 3.05) is 74.1 Å². The Hall–Kier alpha value is -5.58. The van der Waals surface area contributed by atoms with Crippen LogP contribution in [0.3, 0.4) is 0 Å². The van der Waals surface area contributed by atoms with Gasteiger partial charge in [0.25, 0.3) is 17.4 Å². The fraction of sp³-hybridized carbons (Fsp3) is 0.477. The zero-order valence-electron chi connectivity index (χ0n) is 34.6. The molecular formula is C44H50ClN9O7. The lowest BCUT2D eigenvalue weighted by Crippen LogP contribution is -2.70. The van der Waals surface area contributed by atoms with Crippen LogP contribution in [0.1, 0.15) is 79.6 Å². The van der Waals surface area contributed by atoms with Crippen molar-refractivity contribution in [2.24, 2.45) is 5.92 Å². The molecule has 1 spiro atoms. The summed E-state index contributed by atoms with van der Waals surface area (Å²) in [6.45, 7) is 12.2. The molecule has 4 fully saturated rings. The second kappa shape index (κ2) is 16.4. The zero-order valence-corrected chi connectivity index (χ0v) is 35.4. The van der Waals surface area contributed by atoms with Crippen molar-refractivity contribution in [2.45, 2.75) is 70.6 Å². The Morgan fingerprint density at radius 1 is 0.984 bits per heavy atom. The van der Waals surface area contributed by atoms with Gasteiger partial charge >= 0.3 is 0 Å². The summed E-state index contributed by atoms with van der Waals surface area (Å²) in [4.78, 5) is 81.7. The molecule has 2 N–H and O–H groups in total. The Kier molecular flexibility index (Phi) is 10.9. The van der Waals surface area contributed by atoms with Crippen LogP contribution in [0.25, 0.3) is 10.9 Å². The number of rotatable bonds is 11. The van der Waals surface area contributed by atoms with E-state index in [0.717, 1.165) is 79.2 Å². The summed E-state index contributed by atoms with van der Waals surface area (Å²) < 4.78 is 13.8. The van der Waals surface area contributed by atoms with Crippen LogP contribution in [-0.2, 0) is 14.3 Å². The standard InChI is InChI=1S/C44H50ClN9O7/c1-4-60-35-21-28-20-29(8-9-32(28)53(26(2)3)41(35)58)47-38-31(45)22-46-43(49-38)52-18-19-61-44(25-52)23-50(24-44)15-12-27-13-16-51(17-14-27)33-7-5-6-30-37(33)42(59)54(40(30)57)34-10-11-36(55)48-39(34)56/h5-9,20-22,26-27,34H,4,10-19,23-25H2,1-3H3,(H,46,47,49)(H,48,55,56). The molecule has 17 heteroatoms. The lowest BCUT2D eigenvalue weighted by atomic mass is 9.88. The predicted octanol–water partition coefficient (Wildman–Crippen LogP) is 4.77. The van der Waals surface area contributed by atoms with Crippen molar-refractivity contribution < 1.29 is 28.7 Å². The van der Waals surface area contributed by atoms with Gasteiger partial charge in [0.1, 0.15) is 16.7 Å². The molecule has 4 aromatic rings. The van der Waals surface area contributed by atoms with E-state index in [-0.39, 0.29) is 30.0 Å². The Morgan fingerprint density at radius 3 is 2.54 bits per heavy atom. The van der Waals surface area contributed by atoms with Gasteiger partial charge in [-0.2, -0.15) is 4.98 Å². The molecule has 4 saturated heterocycles. The minimum atomic E-state index is -0.986. The highest BCUT2D eigenvalue weighted by atomic mass is 35.5. The number of carbonyl (C=O) groups is 4. The summed E-state index contributed by atoms with van der Waals surface area (Å²) in [5, 5.41) is 6.89. The molecule has 5 aliphatic rings. The number of likely N-dealkylation sites (tertiary alicyclic amines) is 1. The Bertz CT molecular complexity index is 2480. The van der Waals surface area contributed by atoms with Gasteiger partial charge in [-0.3, -0.25) is 39.1 Å². The van der Waals surface area contributed by atoms with Gasteiger partial charge in [-0.1, -0.05) is 17.7 Å². The summed E-state index contributed by atoms with van der Waals surface area (Å²) >= 11 is 6.63. The summed E-state index contributed by atoms with van der Waals surface area (Å²) in [5.74, 6) is -0.0569. The molecule has 0 bridgehead atoms. The third-order valence-corrected chi connectivity index (χ3v) is 12.9. The molecule has 1 atom stereocenters. The first kappa shape index (κ1) is 40.8. The minimum Gasteiger partial charge on any atom is -0.488 e. The van der Waals surface area contributed by atoms with Gasteiger partial charge < -0.3 is 29.2 Å². The topological polar surface area (TPSA) is 172 Å². The Morgan fingerprint density at radius 2 is 1.79 bits per heavy atom. The van der Waals surface area contributed by atoms with Crippen molar-refractivity contribution in [1.82, 2.24) is 29.7 Å². The highest BCUT2D eigenvalue weighted by molar-refractivity contribution is 6.33. The van der Waals surface area contributed by atoms with Gasteiger partial charge in [-0.15, -0.1) is 0 Å². The highest BCUT2D eigenvalue weighted by Gasteiger charge is 2.48. The molecule has 4 amide bonds. The number of hydrogen-bond acceptors (Lipinski definition) is 13. The molecule has 61 heavy (non-hydrogen) atoms. The molecule has 1 unspecified atom stereocenters. The minimum absolute atomic E-state index is 0.0475. The number of ether oxygens (including phenoxy) is 2. The van der Waals surface area contributed by atoms with Crippen LogP contribution < -0.4 is 30.7 Å². The number of hydrogen-bond donors (Lipinski definition) is 2. The largest absolute Gasteiger partial charge is 0.488 e. The van der Waals surface area contributed by atoms with E-state index < -0.39 is 29.7 Å². The number of nitrogens with zero attached hydrogens (tertiary/aromatic N) is 7. The fourth-order valence-electron chi connectivity index (χ4n) is 9.63. The maximum Gasteiger partial charge on any atom is 0.293 e. The first-order chi connectivity index (χ1) is 29.4. The molecule has 7 heterocycles. The lowest BCUT2D eigenvalue weighted by Gasteiger charge is -2.54. The molecule has 2 aromatic heterocycles. The third-order valence-electron chi connectivity index (χ3n) is 12.6. The van der Waals surface area contributed by atoms with E-state index >= 15 is 0 Å². The van der Waals surface area contributed by atoms with E-state index in [1.165, 1.54) is 0 Å². The highest BCUT2D eigenvalue weighted by Crippen LogP contribution is 2.38. The first-order valence-electron chi connectivity index (χ1n) is 21.2. The summed E-state index contributed by atoms with van der Waals surface area (Å²) in [5.41, 5.74) is 2.51. The SMILES string of the molecule is CCOc1cc2cc(Nc3nc(N4CCOC5(CN(CCC6CCN(c7cccc8c7C(=O)N(C7CCC(=O)NC7=O)C8=O)CC6)C5)C4)ncc3Cl)ccc2n(C(C)C)c1=O. The van der Waals surface area contributed by atoms with Gasteiger partial charge in [-0.25, -0.2) is 4.98 Å². The normalized spacial score (nSPS) is 20.7. The fourth-order valence-corrected chi connectivity index (χ4v) is 9.76. The van der Waals surface area contributed by atoms with E-state index in [2.05, 4.69) is 30.3 Å². The quantitative estimate of drug-likeness (QED) is 0.198. The molecule has 320 valence electrons. The van der Waals surface area contributed by atoms with E-state index in [0.29, 0.717) is 65.9 Å². The second-order valence-electron chi connectivity index (χ2n) is 17.0. The van der Waals surface area contributed by atoms with Crippen LogP contribution in [-0.4, -0.2) is 119 Å². The number of halogens is 1. The predicted molar refractivity (Wildman–Crippen MR) is 230 cm³/mol. The van der Waals surface area contributed by atoms with E-state index in [1.807, 2.05) is 45.0 Å². The number of anilines is 4.